The van der Waals surface area contributed by atoms with Gasteiger partial charge in [0.1, 0.15) is 5.82 Å². The van der Waals surface area contributed by atoms with E-state index in [1.165, 1.54) is 0 Å². The minimum atomic E-state index is -0.0322. The van der Waals surface area contributed by atoms with Gasteiger partial charge in [-0.3, -0.25) is 0 Å². The number of pyridine rings is 1. The summed E-state index contributed by atoms with van der Waals surface area (Å²) in [6.45, 7) is 2.85. The Morgan fingerprint density at radius 1 is 1.26 bits per heavy atom. The quantitative estimate of drug-likeness (QED) is 0.699. The van der Waals surface area contributed by atoms with E-state index < -0.39 is 0 Å². The molecule has 0 bridgehead atoms. The van der Waals surface area contributed by atoms with E-state index in [0.29, 0.717) is 13.2 Å². The molecule has 1 heterocycles. The zero-order valence-corrected chi connectivity index (χ0v) is 13.0. The summed E-state index contributed by atoms with van der Waals surface area (Å²) in [6.07, 6.45) is 2.65. The van der Waals surface area contributed by atoms with Crippen molar-refractivity contribution in [2.45, 2.75) is 13.0 Å². The molecule has 0 amide bonds. The molecule has 0 saturated carbocycles. The SMILES string of the molecule is COCCCN(CCOC)c1ncc(Br)cc1CO. The van der Waals surface area contributed by atoms with Crippen molar-refractivity contribution in [2.75, 3.05) is 45.4 Å². The van der Waals surface area contributed by atoms with Gasteiger partial charge in [-0.05, 0) is 28.4 Å². The summed E-state index contributed by atoms with van der Waals surface area (Å²) in [5.74, 6) is 0.804. The van der Waals surface area contributed by atoms with Crippen molar-refractivity contribution in [2.24, 2.45) is 0 Å². The standard InChI is InChI=1S/C13H21BrN2O3/c1-18-6-3-4-16(5-7-19-2)13-11(10-17)8-12(14)9-15-13/h8-9,17H,3-7,10H2,1-2H3. The molecule has 0 aliphatic rings. The molecule has 0 aromatic carbocycles. The van der Waals surface area contributed by atoms with E-state index in [1.807, 2.05) is 6.07 Å². The van der Waals surface area contributed by atoms with Crippen LogP contribution in [-0.2, 0) is 16.1 Å². The first-order chi connectivity index (χ1) is 9.22. The summed E-state index contributed by atoms with van der Waals surface area (Å²) in [7, 11) is 3.37. The third-order valence-corrected chi connectivity index (χ3v) is 3.15. The summed E-state index contributed by atoms with van der Waals surface area (Å²) in [5.41, 5.74) is 0.808. The van der Waals surface area contributed by atoms with Crippen LogP contribution < -0.4 is 4.90 Å². The van der Waals surface area contributed by atoms with Crippen LogP contribution in [0.25, 0.3) is 0 Å². The minimum Gasteiger partial charge on any atom is -0.392 e. The van der Waals surface area contributed by atoms with Crippen molar-refractivity contribution in [3.8, 4) is 0 Å². The maximum absolute atomic E-state index is 9.45. The molecule has 6 heteroatoms. The Morgan fingerprint density at radius 2 is 2.00 bits per heavy atom. The predicted molar refractivity (Wildman–Crippen MR) is 78.4 cm³/mol. The number of aliphatic hydroxyl groups is 1. The van der Waals surface area contributed by atoms with Crippen LogP contribution >= 0.6 is 15.9 Å². The van der Waals surface area contributed by atoms with Crippen molar-refractivity contribution in [1.29, 1.82) is 0 Å². The lowest BCUT2D eigenvalue weighted by atomic mass is 10.2. The van der Waals surface area contributed by atoms with Crippen LogP contribution in [0.2, 0.25) is 0 Å². The molecule has 0 fully saturated rings. The van der Waals surface area contributed by atoms with Crippen LogP contribution in [0.5, 0.6) is 0 Å². The molecule has 1 aromatic heterocycles. The van der Waals surface area contributed by atoms with Crippen molar-refractivity contribution >= 4 is 21.7 Å². The van der Waals surface area contributed by atoms with E-state index >= 15 is 0 Å². The number of hydrogen-bond donors (Lipinski definition) is 1. The number of anilines is 1. The van der Waals surface area contributed by atoms with Crippen LogP contribution in [0.15, 0.2) is 16.7 Å². The number of rotatable bonds is 9. The van der Waals surface area contributed by atoms with Crippen molar-refractivity contribution in [3.05, 3.63) is 22.3 Å². The summed E-state index contributed by atoms with van der Waals surface area (Å²) in [6, 6.07) is 1.89. The first kappa shape index (κ1) is 16.4. The van der Waals surface area contributed by atoms with Gasteiger partial charge in [0.05, 0.1) is 13.2 Å². The van der Waals surface area contributed by atoms with E-state index in [0.717, 1.165) is 35.4 Å². The molecule has 1 rings (SSSR count). The fourth-order valence-corrected chi connectivity index (χ4v) is 2.18. The summed E-state index contributed by atoms with van der Waals surface area (Å²) < 4.78 is 11.1. The van der Waals surface area contributed by atoms with E-state index in [2.05, 4.69) is 25.8 Å². The van der Waals surface area contributed by atoms with E-state index in [1.54, 1.807) is 20.4 Å². The van der Waals surface area contributed by atoms with Crippen LogP contribution in [0.3, 0.4) is 0 Å². The Hall–Kier alpha value is -0.690. The maximum atomic E-state index is 9.45. The van der Waals surface area contributed by atoms with Crippen LogP contribution in [0.1, 0.15) is 12.0 Å². The van der Waals surface area contributed by atoms with Gasteiger partial charge in [-0.25, -0.2) is 4.98 Å². The molecule has 0 radical (unpaired) electrons. The number of halogens is 1. The number of hydrogen-bond acceptors (Lipinski definition) is 5. The molecule has 0 aliphatic carbocycles. The highest BCUT2D eigenvalue weighted by Gasteiger charge is 2.12. The topological polar surface area (TPSA) is 54.8 Å². The van der Waals surface area contributed by atoms with Gasteiger partial charge in [0, 0.05) is 50.1 Å². The highest BCUT2D eigenvalue weighted by molar-refractivity contribution is 9.10. The van der Waals surface area contributed by atoms with Crippen molar-refractivity contribution in [1.82, 2.24) is 4.98 Å². The fourth-order valence-electron chi connectivity index (χ4n) is 1.80. The average molecular weight is 333 g/mol. The second-order valence-corrected chi connectivity index (χ2v) is 5.04. The zero-order chi connectivity index (χ0) is 14.1. The van der Waals surface area contributed by atoms with Gasteiger partial charge in [-0.15, -0.1) is 0 Å². The highest BCUT2D eigenvalue weighted by atomic mass is 79.9. The number of ether oxygens (including phenoxy) is 2. The number of nitrogens with zero attached hydrogens (tertiary/aromatic N) is 2. The van der Waals surface area contributed by atoms with Crippen LogP contribution in [0.4, 0.5) is 5.82 Å². The van der Waals surface area contributed by atoms with Crippen molar-refractivity contribution in [3.63, 3.8) is 0 Å². The fraction of sp³-hybridized carbons (Fsp3) is 0.615. The maximum Gasteiger partial charge on any atom is 0.134 e. The Kier molecular flexibility index (Phi) is 7.97. The summed E-state index contributed by atoms with van der Waals surface area (Å²) >= 11 is 3.37. The lowest BCUT2D eigenvalue weighted by Gasteiger charge is -2.25. The molecule has 1 aromatic rings. The molecule has 108 valence electrons. The molecule has 0 spiro atoms. The van der Waals surface area contributed by atoms with Gasteiger partial charge in [0.2, 0.25) is 0 Å². The minimum absolute atomic E-state index is 0.0322. The molecule has 1 N–H and O–H groups in total. The largest absolute Gasteiger partial charge is 0.392 e. The molecule has 0 unspecified atom stereocenters. The van der Waals surface area contributed by atoms with Gasteiger partial charge >= 0.3 is 0 Å². The monoisotopic (exact) mass is 332 g/mol. The third-order valence-electron chi connectivity index (χ3n) is 2.72. The lowest BCUT2D eigenvalue weighted by Crippen LogP contribution is -2.30. The highest BCUT2D eigenvalue weighted by Crippen LogP contribution is 2.21. The molecule has 19 heavy (non-hydrogen) atoms. The summed E-state index contributed by atoms with van der Waals surface area (Å²) in [5, 5.41) is 9.45. The normalized spacial score (nSPS) is 10.7. The third kappa shape index (κ3) is 5.44. The first-order valence-corrected chi connectivity index (χ1v) is 7.00. The average Bonchev–Trinajstić information content (AvgIpc) is 2.43. The van der Waals surface area contributed by atoms with Gasteiger partial charge in [-0.1, -0.05) is 0 Å². The molecule has 0 atom stereocenters. The molecular formula is C13H21BrN2O3. The zero-order valence-electron chi connectivity index (χ0n) is 11.4. The Morgan fingerprint density at radius 3 is 2.63 bits per heavy atom. The lowest BCUT2D eigenvalue weighted by molar-refractivity contribution is 0.190. The Balaban J connectivity index is 2.82. The molecule has 0 saturated heterocycles. The first-order valence-electron chi connectivity index (χ1n) is 6.21. The van der Waals surface area contributed by atoms with E-state index in [9.17, 15) is 5.11 Å². The van der Waals surface area contributed by atoms with E-state index in [-0.39, 0.29) is 6.61 Å². The smallest absolute Gasteiger partial charge is 0.134 e. The van der Waals surface area contributed by atoms with Crippen molar-refractivity contribution < 1.29 is 14.6 Å². The predicted octanol–water partition coefficient (Wildman–Crippen LogP) is 1.83. The number of aromatic nitrogens is 1. The van der Waals surface area contributed by atoms with Crippen LogP contribution in [0, 0.1) is 0 Å². The number of aliphatic hydroxyl groups excluding tert-OH is 1. The second-order valence-electron chi connectivity index (χ2n) is 4.12. The Labute approximate surface area is 122 Å². The van der Waals surface area contributed by atoms with E-state index in [4.69, 9.17) is 9.47 Å². The van der Waals surface area contributed by atoms with Crippen LogP contribution in [-0.4, -0.2) is 50.6 Å². The molecular weight excluding hydrogens is 312 g/mol. The molecule has 5 nitrogen and oxygen atoms in total. The Bertz CT molecular complexity index is 377. The summed E-state index contributed by atoms with van der Waals surface area (Å²) in [4.78, 5) is 6.52. The van der Waals surface area contributed by atoms with Gasteiger partial charge in [-0.2, -0.15) is 0 Å². The van der Waals surface area contributed by atoms with Gasteiger partial charge < -0.3 is 19.5 Å². The van der Waals surface area contributed by atoms with Gasteiger partial charge in [0.25, 0.3) is 0 Å². The molecule has 0 aliphatic heterocycles. The second kappa shape index (κ2) is 9.25. The number of methoxy groups -OCH3 is 2. The van der Waals surface area contributed by atoms with Gasteiger partial charge in [0.15, 0.2) is 0 Å².